The van der Waals surface area contributed by atoms with Crippen LogP contribution in [-0.4, -0.2) is 47.4 Å². The van der Waals surface area contributed by atoms with Crippen molar-refractivity contribution in [2.75, 3.05) is 13.2 Å². The van der Waals surface area contributed by atoms with Crippen molar-refractivity contribution in [3.05, 3.63) is 24.3 Å². The van der Waals surface area contributed by atoms with Gasteiger partial charge in [0.15, 0.2) is 0 Å². The summed E-state index contributed by atoms with van der Waals surface area (Å²) in [6, 6.07) is -0.539. The van der Waals surface area contributed by atoms with Crippen LogP contribution in [0.2, 0.25) is 0 Å². The van der Waals surface area contributed by atoms with E-state index in [-0.39, 0.29) is 18.5 Å². The number of unbranched alkanes of at least 4 members (excludes halogenated alkanes) is 61. The zero-order chi connectivity index (χ0) is 62.8. The Bertz CT molecular complexity index is 1360. The Balaban J connectivity index is 3.33. The predicted octanol–water partition coefficient (Wildman–Crippen LogP) is 26.4. The van der Waals surface area contributed by atoms with Crippen LogP contribution in [0.25, 0.3) is 0 Å². The molecule has 2 unspecified atom stereocenters. The van der Waals surface area contributed by atoms with E-state index in [9.17, 15) is 19.8 Å². The summed E-state index contributed by atoms with van der Waals surface area (Å²) in [5.41, 5.74) is 0. The minimum Gasteiger partial charge on any atom is -0.466 e. The van der Waals surface area contributed by atoms with Crippen LogP contribution in [0.1, 0.15) is 457 Å². The van der Waals surface area contributed by atoms with Crippen molar-refractivity contribution < 1.29 is 24.5 Å². The Labute approximate surface area is 545 Å². The van der Waals surface area contributed by atoms with E-state index in [4.69, 9.17) is 4.74 Å². The molecule has 0 aromatic rings. The number of esters is 1. The average molecular weight is 1230 g/mol. The summed E-state index contributed by atoms with van der Waals surface area (Å²) < 4.78 is 5.49. The van der Waals surface area contributed by atoms with Gasteiger partial charge in [0.05, 0.1) is 25.4 Å². The van der Waals surface area contributed by atoms with Crippen molar-refractivity contribution >= 4 is 11.9 Å². The summed E-state index contributed by atoms with van der Waals surface area (Å²) in [7, 11) is 0. The molecule has 0 aliphatic rings. The number of nitrogens with one attached hydrogen (secondary N) is 1. The maximum absolute atomic E-state index is 12.6. The second-order valence-electron chi connectivity index (χ2n) is 27.8. The van der Waals surface area contributed by atoms with Crippen molar-refractivity contribution in [2.24, 2.45) is 0 Å². The van der Waals surface area contributed by atoms with Gasteiger partial charge in [0.1, 0.15) is 0 Å². The van der Waals surface area contributed by atoms with Gasteiger partial charge in [0.2, 0.25) is 5.91 Å². The van der Waals surface area contributed by atoms with E-state index in [2.05, 4.69) is 43.5 Å². The van der Waals surface area contributed by atoms with Gasteiger partial charge in [-0.05, 0) is 51.4 Å². The monoisotopic (exact) mass is 1220 g/mol. The van der Waals surface area contributed by atoms with Gasteiger partial charge in [-0.15, -0.1) is 0 Å². The van der Waals surface area contributed by atoms with Crippen LogP contribution in [0.15, 0.2) is 24.3 Å². The Morgan fingerprint density at radius 3 is 0.908 bits per heavy atom. The zero-order valence-electron chi connectivity index (χ0n) is 59.3. The summed E-state index contributed by atoms with van der Waals surface area (Å²) in [5, 5.41) is 23.5. The molecule has 0 heterocycles. The fourth-order valence-electron chi connectivity index (χ4n) is 12.9. The minimum atomic E-state index is -0.662. The highest BCUT2D eigenvalue weighted by atomic mass is 16.5. The van der Waals surface area contributed by atoms with Crippen LogP contribution in [-0.2, 0) is 14.3 Å². The first kappa shape index (κ1) is 85.3. The smallest absolute Gasteiger partial charge is 0.305 e. The van der Waals surface area contributed by atoms with Gasteiger partial charge in [-0.3, -0.25) is 9.59 Å². The first-order valence-corrected chi connectivity index (χ1v) is 40.1. The Morgan fingerprint density at radius 1 is 0.322 bits per heavy atom. The number of carbonyl (C=O) groups is 2. The molecule has 6 nitrogen and oxygen atoms in total. The van der Waals surface area contributed by atoms with Crippen LogP contribution < -0.4 is 5.32 Å². The highest BCUT2D eigenvalue weighted by molar-refractivity contribution is 5.76. The van der Waals surface area contributed by atoms with E-state index < -0.39 is 12.1 Å². The molecule has 1 amide bonds. The maximum atomic E-state index is 12.6. The Hall–Kier alpha value is -1.66. The lowest BCUT2D eigenvalue weighted by molar-refractivity contribution is -0.143. The van der Waals surface area contributed by atoms with Gasteiger partial charge in [0.25, 0.3) is 0 Å². The standard InChI is InChI=1S/C81H157NO5/c1-3-5-7-9-11-13-15-17-19-20-21-22-34-37-40-43-46-49-53-57-61-65-69-73-79(84)78(77-83)82-80(85)74-70-66-62-58-54-50-47-44-41-38-35-32-30-28-26-24-23-25-27-29-31-33-36-39-42-45-48-52-56-60-64-68-72-76-87-81(86)75-71-67-63-59-55-51-18-16-14-12-10-8-6-4-2/h10,12,16,18,78-79,83-84H,3-9,11,13-15,17,19-77H2,1-2H3,(H,82,85)/b12-10-,18-16-. The molecule has 0 bridgehead atoms. The number of amides is 1. The van der Waals surface area contributed by atoms with Crippen LogP contribution in [0.4, 0.5) is 0 Å². The predicted molar refractivity (Wildman–Crippen MR) is 384 cm³/mol. The molecular formula is C81H157NO5. The largest absolute Gasteiger partial charge is 0.466 e. The lowest BCUT2D eigenvalue weighted by Gasteiger charge is -2.22. The first-order chi connectivity index (χ1) is 43.0. The molecule has 516 valence electrons. The van der Waals surface area contributed by atoms with Crippen LogP contribution in [0.3, 0.4) is 0 Å². The molecule has 0 aromatic heterocycles. The van der Waals surface area contributed by atoms with E-state index in [1.165, 1.54) is 372 Å². The number of hydrogen-bond acceptors (Lipinski definition) is 5. The van der Waals surface area contributed by atoms with E-state index in [1.807, 2.05) is 0 Å². The highest BCUT2D eigenvalue weighted by Gasteiger charge is 2.20. The normalized spacial score (nSPS) is 12.6. The quantitative estimate of drug-likeness (QED) is 0.0320. The molecule has 87 heavy (non-hydrogen) atoms. The third kappa shape index (κ3) is 73.3. The second kappa shape index (κ2) is 76.8. The van der Waals surface area contributed by atoms with Crippen LogP contribution in [0.5, 0.6) is 0 Å². The molecule has 3 N–H and O–H groups in total. The van der Waals surface area contributed by atoms with Gasteiger partial charge in [-0.2, -0.15) is 0 Å². The number of carbonyl (C=O) groups excluding carboxylic acids is 2. The van der Waals surface area contributed by atoms with Crippen molar-refractivity contribution in [1.29, 1.82) is 0 Å². The van der Waals surface area contributed by atoms with E-state index in [1.54, 1.807) is 0 Å². The fourth-order valence-corrected chi connectivity index (χ4v) is 12.9. The summed E-state index contributed by atoms with van der Waals surface area (Å²) in [6.45, 7) is 4.96. The molecule has 6 heteroatoms. The summed E-state index contributed by atoms with van der Waals surface area (Å²) in [4.78, 5) is 24.6. The second-order valence-corrected chi connectivity index (χ2v) is 27.8. The lowest BCUT2D eigenvalue weighted by Crippen LogP contribution is -2.45. The number of rotatable bonds is 76. The molecule has 0 fully saturated rings. The Kier molecular flexibility index (Phi) is 75.3. The lowest BCUT2D eigenvalue weighted by atomic mass is 10.0. The number of ether oxygens (including phenoxy) is 1. The highest BCUT2D eigenvalue weighted by Crippen LogP contribution is 2.20. The molecular weight excluding hydrogens is 1070 g/mol. The van der Waals surface area contributed by atoms with Gasteiger partial charge >= 0.3 is 5.97 Å². The number of aliphatic hydroxyl groups excluding tert-OH is 2. The Morgan fingerprint density at radius 2 is 0.586 bits per heavy atom. The average Bonchev–Trinajstić information content (AvgIpc) is 3.52. The summed E-state index contributed by atoms with van der Waals surface area (Å²) in [6.07, 6.45) is 98.5. The van der Waals surface area contributed by atoms with Crippen molar-refractivity contribution in [2.45, 2.75) is 469 Å². The van der Waals surface area contributed by atoms with Gasteiger partial charge < -0.3 is 20.3 Å². The third-order valence-electron chi connectivity index (χ3n) is 19.0. The maximum Gasteiger partial charge on any atom is 0.305 e. The molecule has 0 radical (unpaired) electrons. The number of allylic oxidation sites excluding steroid dienone is 4. The van der Waals surface area contributed by atoms with Crippen LogP contribution in [0, 0.1) is 0 Å². The van der Waals surface area contributed by atoms with E-state index in [0.29, 0.717) is 25.9 Å². The number of hydrogen-bond donors (Lipinski definition) is 3. The molecule has 0 saturated heterocycles. The topological polar surface area (TPSA) is 95.9 Å². The molecule has 0 rings (SSSR count). The molecule has 0 spiro atoms. The minimum absolute atomic E-state index is 0.00795. The molecule has 0 aliphatic carbocycles. The van der Waals surface area contributed by atoms with Crippen molar-refractivity contribution in [3.8, 4) is 0 Å². The first-order valence-electron chi connectivity index (χ1n) is 40.1. The number of aliphatic hydroxyl groups is 2. The molecule has 0 aliphatic heterocycles. The van der Waals surface area contributed by atoms with Gasteiger partial charge in [-0.25, -0.2) is 0 Å². The summed E-state index contributed by atoms with van der Waals surface area (Å²) in [5.74, 6) is -0.0165. The molecule has 0 aromatic carbocycles. The fraction of sp³-hybridized carbons (Fsp3) is 0.926. The van der Waals surface area contributed by atoms with E-state index >= 15 is 0 Å². The zero-order valence-corrected chi connectivity index (χ0v) is 59.3. The summed E-state index contributed by atoms with van der Waals surface area (Å²) >= 11 is 0. The molecule has 2 atom stereocenters. The van der Waals surface area contributed by atoms with E-state index in [0.717, 1.165) is 51.4 Å². The van der Waals surface area contributed by atoms with Crippen molar-refractivity contribution in [3.63, 3.8) is 0 Å². The van der Waals surface area contributed by atoms with Gasteiger partial charge in [0, 0.05) is 12.8 Å². The molecule has 0 saturated carbocycles. The SMILES string of the molecule is CCCC/C=C\C/C=C\CCCCCCCC(=O)OCCCCCCCCCCCCCCCCCCCCCCCCCCCCCCCCCCCC(=O)NC(CO)C(O)CCCCCCCCCCCCCCCCCCCCCCCCC. The van der Waals surface area contributed by atoms with Crippen LogP contribution >= 0.6 is 0 Å². The van der Waals surface area contributed by atoms with Gasteiger partial charge in [-0.1, -0.05) is 417 Å². The van der Waals surface area contributed by atoms with Crippen molar-refractivity contribution in [1.82, 2.24) is 5.32 Å². The third-order valence-corrected chi connectivity index (χ3v) is 19.0.